The molecule has 0 fully saturated rings. The molecule has 1 aromatic heterocycles. The first-order chi connectivity index (χ1) is 8.60. The second-order valence-corrected chi connectivity index (χ2v) is 3.71. The summed E-state index contributed by atoms with van der Waals surface area (Å²) in [4.78, 5) is 17.2. The van der Waals surface area contributed by atoms with Crippen LogP contribution in [0.15, 0.2) is 23.6 Å². The number of aromatic hydroxyl groups is 1. The SMILES string of the molecule is CCCN(C/C(N)=N/O)C(=O)c1ccncc1O. The van der Waals surface area contributed by atoms with Crippen LogP contribution in [0.25, 0.3) is 0 Å². The summed E-state index contributed by atoms with van der Waals surface area (Å²) in [6.45, 7) is 2.35. The maximum Gasteiger partial charge on any atom is 0.258 e. The lowest BCUT2D eigenvalue weighted by Gasteiger charge is -2.21. The summed E-state index contributed by atoms with van der Waals surface area (Å²) in [6, 6.07) is 1.42. The first-order valence-electron chi connectivity index (χ1n) is 5.48. The predicted molar refractivity (Wildman–Crippen MR) is 65.5 cm³/mol. The highest BCUT2D eigenvalue weighted by atomic mass is 16.4. The van der Waals surface area contributed by atoms with Crippen LogP contribution in [0, 0.1) is 0 Å². The lowest BCUT2D eigenvalue weighted by molar-refractivity contribution is 0.0775. The standard InChI is InChI=1S/C11H16N4O3/c1-2-5-15(7-10(12)14-18)11(17)8-3-4-13-6-9(8)16/h3-4,6,16,18H,2,5,7H2,1H3,(H2,12,14). The number of nitrogens with zero attached hydrogens (tertiary/aromatic N) is 3. The molecular weight excluding hydrogens is 236 g/mol. The Bertz CT molecular complexity index is 448. The number of hydrogen-bond donors (Lipinski definition) is 3. The highest BCUT2D eigenvalue weighted by molar-refractivity contribution is 5.98. The molecule has 4 N–H and O–H groups in total. The summed E-state index contributed by atoms with van der Waals surface area (Å²) >= 11 is 0. The van der Waals surface area contributed by atoms with Gasteiger partial charge in [-0.05, 0) is 12.5 Å². The fraction of sp³-hybridized carbons (Fsp3) is 0.364. The molecule has 0 aliphatic rings. The smallest absolute Gasteiger partial charge is 0.258 e. The Balaban J connectivity index is 2.92. The van der Waals surface area contributed by atoms with Crippen LogP contribution in [-0.2, 0) is 0 Å². The molecular formula is C11H16N4O3. The number of oxime groups is 1. The van der Waals surface area contributed by atoms with Crippen molar-refractivity contribution in [2.45, 2.75) is 13.3 Å². The zero-order valence-corrected chi connectivity index (χ0v) is 10.1. The predicted octanol–water partition coefficient (Wildman–Crippen LogP) is 0.386. The second kappa shape index (κ2) is 6.43. The molecule has 0 radical (unpaired) electrons. The van der Waals surface area contributed by atoms with E-state index in [1.807, 2.05) is 6.92 Å². The summed E-state index contributed by atoms with van der Waals surface area (Å²) in [6.07, 6.45) is 3.33. The van der Waals surface area contributed by atoms with Crippen LogP contribution in [0.5, 0.6) is 5.75 Å². The van der Waals surface area contributed by atoms with Gasteiger partial charge in [-0.3, -0.25) is 9.78 Å². The first-order valence-corrected chi connectivity index (χ1v) is 5.48. The zero-order valence-electron chi connectivity index (χ0n) is 10.1. The van der Waals surface area contributed by atoms with E-state index in [0.717, 1.165) is 6.42 Å². The van der Waals surface area contributed by atoms with Crippen LogP contribution >= 0.6 is 0 Å². The van der Waals surface area contributed by atoms with E-state index in [0.29, 0.717) is 6.54 Å². The Hall–Kier alpha value is -2.31. The molecule has 0 aliphatic carbocycles. The number of amidine groups is 1. The number of hydrogen-bond acceptors (Lipinski definition) is 5. The first kappa shape index (κ1) is 13.8. The third kappa shape index (κ3) is 3.34. The van der Waals surface area contributed by atoms with E-state index in [1.54, 1.807) is 0 Å². The van der Waals surface area contributed by atoms with Gasteiger partial charge in [0.25, 0.3) is 5.91 Å². The molecule has 7 heteroatoms. The Morgan fingerprint density at radius 3 is 2.89 bits per heavy atom. The summed E-state index contributed by atoms with van der Waals surface area (Å²) in [7, 11) is 0. The molecule has 98 valence electrons. The largest absolute Gasteiger partial charge is 0.505 e. The number of rotatable bonds is 5. The molecule has 0 atom stereocenters. The number of nitrogens with two attached hydrogens (primary N) is 1. The maximum atomic E-state index is 12.2. The summed E-state index contributed by atoms with van der Waals surface area (Å²) < 4.78 is 0. The number of carbonyl (C=O) groups is 1. The minimum atomic E-state index is -0.386. The van der Waals surface area contributed by atoms with Crippen molar-refractivity contribution in [2.75, 3.05) is 13.1 Å². The minimum absolute atomic E-state index is 0.00490. The lowest BCUT2D eigenvalue weighted by Crippen LogP contribution is -2.39. The normalized spacial score (nSPS) is 11.3. The molecule has 0 aromatic carbocycles. The molecule has 1 rings (SSSR count). The van der Waals surface area contributed by atoms with Gasteiger partial charge in [-0.2, -0.15) is 0 Å². The van der Waals surface area contributed by atoms with Gasteiger partial charge in [0.1, 0.15) is 5.75 Å². The minimum Gasteiger partial charge on any atom is -0.505 e. The lowest BCUT2D eigenvalue weighted by atomic mass is 10.2. The van der Waals surface area contributed by atoms with Crippen LogP contribution in [0.3, 0.4) is 0 Å². The molecule has 0 bridgehead atoms. The van der Waals surface area contributed by atoms with Crippen LogP contribution in [0.2, 0.25) is 0 Å². The monoisotopic (exact) mass is 252 g/mol. The Morgan fingerprint density at radius 1 is 1.61 bits per heavy atom. The van der Waals surface area contributed by atoms with E-state index in [1.165, 1.54) is 23.4 Å². The fourth-order valence-corrected chi connectivity index (χ4v) is 1.49. The van der Waals surface area contributed by atoms with Crippen molar-refractivity contribution >= 4 is 11.7 Å². The van der Waals surface area contributed by atoms with E-state index in [2.05, 4.69) is 10.1 Å². The van der Waals surface area contributed by atoms with Crippen molar-refractivity contribution in [3.63, 3.8) is 0 Å². The summed E-state index contributed by atoms with van der Waals surface area (Å²) in [5.41, 5.74) is 5.53. The van der Waals surface area contributed by atoms with Gasteiger partial charge >= 0.3 is 0 Å². The molecule has 7 nitrogen and oxygen atoms in total. The van der Waals surface area contributed by atoms with Crippen molar-refractivity contribution < 1.29 is 15.1 Å². The highest BCUT2D eigenvalue weighted by Crippen LogP contribution is 2.16. The van der Waals surface area contributed by atoms with Crippen LogP contribution in [0.1, 0.15) is 23.7 Å². The van der Waals surface area contributed by atoms with Gasteiger partial charge in [-0.15, -0.1) is 0 Å². The Morgan fingerprint density at radius 2 is 2.33 bits per heavy atom. The number of carbonyl (C=O) groups excluding carboxylic acids is 1. The molecule has 18 heavy (non-hydrogen) atoms. The third-order valence-corrected chi connectivity index (χ3v) is 2.29. The van der Waals surface area contributed by atoms with E-state index in [4.69, 9.17) is 10.9 Å². The zero-order chi connectivity index (χ0) is 13.5. The topological polar surface area (TPSA) is 112 Å². The van der Waals surface area contributed by atoms with Gasteiger partial charge in [0.15, 0.2) is 5.84 Å². The van der Waals surface area contributed by atoms with Gasteiger partial charge in [0.2, 0.25) is 0 Å². The molecule has 1 aromatic rings. The molecule has 1 heterocycles. The van der Waals surface area contributed by atoms with Crippen molar-refractivity contribution in [3.05, 3.63) is 24.0 Å². The molecule has 1 amide bonds. The third-order valence-electron chi connectivity index (χ3n) is 2.29. The number of pyridine rings is 1. The van der Waals surface area contributed by atoms with Crippen LogP contribution < -0.4 is 5.73 Å². The Kier molecular flexibility index (Phi) is 4.91. The Labute approximate surface area is 105 Å². The van der Waals surface area contributed by atoms with E-state index < -0.39 is 0 Å². The van der Waals surface area contributed by atoms with E-state index in [-0.39, 0.29) is 29.6 Å². The van der Waals surface area contributed by atoms with Gasteiger partial charge < -0.3 is 20.9 Å². The fourth-order valence-electron chi connectivity index (χ4n) is 1.49. The second-order valence-electron chi connectivity index (χ2n) is 3.71. The maximum absolute atomic E-state index is 12.2. The van der Waals surface area contributed by atoms with Gasteiger partial charge in [-0.1, -0.05) is 12.1 Å². The molecule has 0 saturated heterocycles. The van der Waals surface area contributed by atoms with Crippen molar-refractivity contribution in [1.29, 1.82) is 0 Å². The molecule has 0 unspecified atom stereocenters. The van der Waals surface area contributed by atoms with Crippen LogP contribution in [-0.4, -0.2) is 45.0 Å². The quantitative estimate of drug-likeness (QED) is 0.303. The van der Waals surface area contributed by atoms with Gasteiger partial charge in [-0.25, -0.2) is 0 Å². The average molecular weight is 252 g/mol. The van der Waals surface area contributed by atoms with Crippen molar-refractivity contribution in [1.82, 2.24) is 9.88 Å². The number of aromatic nitrogens is 1. The average Bonchev–Trinajstić information content (AvgIpc) is 2.38. The highest BCUT2D eigenvalue weighted by Gasteiger charge is 2.19. The van der Waals surface area contributed by atoms with Gasteiger partial charge in [0.05, 0.1) is 18.3 Å². The summed E-state index contributed by atoms with van der Waals surface area (Å²) in [5.74, 6) is -0.642. The van der Waals surface area contributed by atoms with Crippen molar-refractivity contribution in [2.24, 2.45) is 10.9 Å². The molecule has 0 spiro atoms. The van der Waals surface area contributed by atoms with E-state index >= 15 is 0 Å². The summed E-state index contributed by atoms with van der Waals surface area (Å²) in [5, 5.41) is 20.9. The molecule has 0 aliphatic heterocycles. The number of amides is 1. The van der Waals surface area contributed by atoms with Crippen molar-refractivity contribution in [3.8, 4) is 5.75 Å². The van der Waals surface area contributed by atoms with Gasteiger partial charge in [0, 0.05) is 12.7 Å². The van der Waals surface area contributed by atoms with E-state index in [9.17, 15) is 9.90 Å². The molecule has 0 saturated carbocycles. The van der Waals surface area contributed by atoms with Crippen LogP contribution in [0.4, 0.5) is 0 Å².